The summed E-state index contributed by atoms with van der Waals surface area (Å²) in [4.78, 5) is 41.9. The molecule has 144 valence electrons. The van der Waals surface area contributed by atoms with Crippen LogP contribution in [0.15, 0.2) is 10.5 Å². The molecule has 3 amide bonds. The number of rotatable bonds is 6. The minimum atomic E-state index is -0.0876. The van der Waals surface area contributed by atoms with Crippen LogP contribution in [0.3, 0.4) is 0 Å². The van der Waals surface area contributed by atoms with E-state index in [-0.39, 0.29) is 17.7 Å². The fraction of sp³-hybridized carbons (Fsp3) is 0.632. The number of furan rings is 1. The van der Waals surface area contributed by atoms with E-state index in [1.165, 1.54) is 0 Å². The first kappa shape index (κ1) is 20.0. The van der Waals surface area contributed by atoms with Gasteiger partial charge in [-0.05, 0) is 26.3 Å². The van der Waals surface area contributed by atoms with Gasteiger partial charge in [-0.3, -0.25) is 14.4 Å². The van der Waals surface area contributed by atoms with Gasteiger partial charge >= 0.3 is 0 Å². The highest BCUT2D eigenvalue weighted by Gasteiger charge is 2.24. The lowest BCUT2D eigenvalue weighted by Crippen LogP contribution is -2.50. The minimum Gasteiger partial charge on any atom is -0.466 e. The van der Waals surface area contributed by atoms with Crippen molar-refractivity contribution in [2.75, 3.05) is 39.3 Å². The van der Waals surface area contributed by atoms with Crippen molar-refractivity contribution in [3.8, 4) is 0 Å². The van der Waals surface area contributed by atoms with Crippen molar-refractivity contribution in [3.05, 3.63) is 23.2 Å². The van der Waals surface area contributed by atoms with Crippen molar-refractivity contribution in [3.63, 3.8) is 0 Å². The molecule has 0 N–H and O–H groups in total. The van der Waals surface area contributed by atoms with Crippen LogP contribution in [-0.4, -0.2) is 71.7 Å². The second-order valence-corrected chi connectivity index (χ2v) is 6.76. The Morgan fingerprint density at radius 1 is 1.08 bits per heavy atom. The van der Waals surface area contributed by atoms with Gasteiger partial charge in [0.2, 0.25) is 11.8 Å². The summed E-state index contributed by atoms with van der Waals surface area (Å²) < 4.78 is 5.46. The molecular formula is C19H29N3O4. The van der Waals surface area contributed by atoms with Crippen LogP contribution in [-0.2, 0) is 9.59 Å². The molecule has 2 heterocycles. The van der Waals surface area contributed by atoms with Crippen molar-refractivity contribution in [2.45, 2.75) is 40.5 Å². The molecule has 0 saturated carbocycles. The Hall–Kier alpha value is -2.31. The topological polar surface area (TPSA) is 74.1 Å². The van der Waals surface area contributed by atoms with Crippen LogP contribution < -0.4 is 0 Å². The van der Waals surface area contributed by atoms with Gasteiger partial charge in [-0.25, -0.2) is 0 Å². The molecule has 2 rings (SSSR count). The molecule has 1 saturated heterocycles. The first-order valence-electron chi connectivity index (χ1n) is 9.23. The number of amides is 3. The van der Waals surface area contributed by atoms with E-state index in [2.05, 4.69) is 0 Å². The van der Waals surface area contributed by atoms with Gasteiger partial charge in [-0.1, -0.05) is 6.92 Å². The molecule has 0 bridgehead atoms. The molecule has 0 spiro atoms. The largest absolute Gasteiger partial charge is 0.466 e. The predicted molar refractivity (Wildman–Crippen MR) is 97.8 cm³/mol. The van der Waals surface area contributed by atoms with Crippen LogP contribution in [0.2, 0.25) is 0 Å². The van der Waals surface area contributed by atoms with Crippen LogP contribution in [0, 0.1) is 13.8 Å². The molecule has 7 nitrogen and oxygen atoms in total. The fourth-order valence-electron chi connectivity index (χ4n) is 3.26. The van der Waals surface area contributed by atoms with Gasteiger partial charge in [0.25, 0.3) is 5.91 Å². The summed E-state index contributed by atoms with van der Waals surface area (Å²) in [5, 5.41) is 0. The van der Waals surface area contributed by atoms with Crippen molar-refractivity contribution >= 4 is 17.7 Å². The summed E-state index contributed by atoms with van der Waals surface area (Å²) in [5.74, 6) is 1.31. The maximum absolute atomic E-state index is 12.8. The summed E-state index contributed by atoms with van der Waals surface area (Å²) >= 11 is 0. The number of hydrogen-bond acceptors (Lipinski definition) is 4. The highest BCUT2D eigenvalue weighted by molar-refractivity contribution is 5.95. The Kier molecular flexibility index (Phi) is 6.83. The molecule has 1 aromatic rings. The molecule has 0 radical (unpaired) electrons. The second kappa shape index (κ2) is 8.87. The van der Waals surface area contributed by atoms with Gasteiger partial charge in [0.15, 0.2) is 0 Å². The smallest absolute Gasteiger partial charge is 0.257 e. The minimum absolute atomic E-state index is 0.0298. The Bertz CT molecular complexity index is 660. The molecule has 0 unspecified atom stereocenters. The summed E-state index contributed by atoms with van der Waals surface area (Å²) in [6.07, 6.45) is 1.12. The molecule has 1 aliphatic heterocycles. The number of hydrogen-bond donors (Lipinski definition) is 0. The lowest BCUT2D eigenvalue weighted by Gasteiger charge is -2.34. The third-order valence-corrected chi connectivity index (χ3v) is 4.73. The molecule has 0 aromatic carbocycles. The molecule has 1 aliphatic rings. The van der Waals surface area contributed by atoms with Crippen LogP contribution in [0.4, 0.5) is 0 Å². The van der Waals surface area contributed by atoms with E-state index >= 15 is 0 Å². The fourth-order valence-corrected chi connectivity index (χ4v) is 3.26. The molecule has 26 heavy (non-hydrogen) atoms. The highest BCUT2D eigenvalue weighted by Crippen LogP contribution is 2.17. The SMILES string of the molecule is CCCN(CCC(=O)N1CCN(C(C)=O)CC1)C(=O)c1cc(C)oc1C. The van der Waals surface area contributed by atoms with E-state index in [0.29, 0.717) is 62.8 Å². The van der Waals surface area contributed by atoms with Crippen molar-refractivity contribution in [1.29, 1.82) is 0 Å². The first-order chi connectivity index (χ1) is 12.3. The molecule has 1 aromatic heterocycles. The summed E-state index contributed by atoms with van der Waals surface area (Å²) in [6, 6.07) is 1.75. The summed E-state index contributed by atoms with van der Waals surface area (Å²) in [6.45, 7) is 10.4. The number of carbonyl (C=O) groups excluding carboxylic acids is 3. The number of piperazine rings is 1. The molecule has 7 heteroatoms. The molecule has 0 aliphatic carbocycles. The standard InChI is InChI=1S/C19H29N3O4/c1-5-7-22(19(25)17-13-14(2)26-15(17)3)8-6-18(24)21-11-9-20(10-12-21)16(4)23/h13H,5-12H2,1-4H3. The molecular weight excluding hydrogens is 334 g/mol. The quantitative estimate of drug-likeness (QED) is 0.773. The van der Waals surface area contributed by atoms with Crippen molar-refractivity contribution in [2.24, 2.45) is 0 Å². The lowest BCUT2D eigenvalue weighted by atomic mass is 10.2. The third kappa shape index (κ3) is 4.86. The predicted octanol–water partition coefficient (Wildman–Crippen LogP) is 1.83. The van der Waals surface area contributed by atoms with Crippen molar-refractivity contribution in [1.82, 2.24) is 14.7 Å². The van der Waals surface area contributed by atoms with Gasteiger partial charge in [0, 0.05) is 52.6 Å². The van der Waals surface area contributed by atoms with Gasteiger partial charge in [-0.15, -0.1) is 0 Å². The van der Waals surface area contributed by atoms with Crippen LogP contribution in [0.5, 0.6) is 0 Å². The van der Waals surface area contributed by atoms with Crippen LogP contribution in [0.1, 0.15) is 48.6 Å². The normalized spacial score (nSPS) is 14.5. The van der Waals surface area contributed by atoms with Gasteiger partial charge in [-0.2, -0.15) is 0 Å². The Balaban J connectivity index is 1.92. The number of nitrogens with zero attached hydrogens (tertiary/aromatic N) is 3. The Morgan fingerprint density at radius 3 is 2.19 bits per heavy atom. The van der Waals surface area contributed by atoms with Crippen LogP contribution >= 0.6 is 0 Å². The number of aryl methyl sites for hydroxylation is 2. The Morgan fingerprint density at radius 2 is 1.69 bits per heavy atom. The Labute approximate surface area is 154 Å². The van der Waals surface area contributed by atoms with Gasteiger partial charge in [0.1, 0.15) is 11.5 Å². The van der Waals surface area contributed by atoms with E-state index in [1.54, 1.807) is 34.6 Å². The zero-order valence-corrected chi connectivity index (χ0v) is 16.2. The van der Waals surface area contributed by atoms with E-state index in [4.69, 9.17) is 4.42 Å². The van der Waals surface area contributed by atoms with E-state index < -0.39 is 0 Å². The maximum Gasteiger partial charge on any atom is 0.257 e. The maximum atomic E-state index is 12.8. The monoisotopic (exact) mass is 363 g/mol. The van der Waals surface area contributed by atoms with E-state index in [9.17, 15) is 14.4 Å². The molecule has 0 atom stereocenters. The van der Waals surface area contributed by atoms with E-state index in [0.717, 1.165) is 6.42 Å². The first-order valence-corrected chi connectivity index (χ1v) is 9.23. The van der Waals surface area contributed by atoms with Crippen molar-refractivity contribution < 1.29 is 18.8 Å². The van der Waals surface area contributed by atoms with Gasteiger partial charge in [0.05, 0.1) is 5.56 Å². The average Bonchev–Trinajstić information content (AvgIpc) is 2.96. The van der Waals surface area contributed by atoms with Crippen LogP contribution in [0.25, 0.3) is 0 Å². The third-order valence-electron chi connectivity index (χ3n) is 4.73. The lowest BCUT2D eigenvalue weighted by molar-refractivity contribution is -0.138. The number of carbonyl (C=O) groups is 3. The molecule has 1 fully saturated rings. The van der Waals surface area contributed by atoms with E-state index in [1.807, 2.05) is 13.8 Å². The highest BCUT2D eigenvalue weighted by atomic mass is 16.3. The average molecular weight is 363 g/mol. The summed E-state index contributed by atoms with van der Waals surface area (Å²) in [5.41, 5.74) is 0.568. The summed E-state index contributed by atoms with van der Waals surface area (Å²) in [7, 11) is 0. The van der Waals surface area contributed by atoms with Gasteiger partial charge < -0.3 is 19.1 Å². The zero-order valence-electron chi connectivity index (χ0n) is 16.2. The second-order valence-electron chi connectivity index (χ2n) is 6.76. The zero-order chi connectivity index (χ0) is 19.3.